The number of likely N-dealkylation sites (tertiary alicyclic amines) is 1. The Hall–Kier alpha value is -3.00. The van der Waals surface area contributed by atoms with E-state index in [0.29, 0.717) is 33.0 Å². The number of aryl methyl sites for hydroxylation is 1. The maximum atomic E-state index is 13.1. The molecule has 0 unspecified atom stereocenters. The third-order valence-corrected chi connectivity index (χ3v) is 7.19. The van der Waals surface area contributed by atoms with Crippen LogP contribution in [0.25, 0.3) is 10.2 Å². The van der Waals surface area contributed by atoms with Crippen LogP contribution in [0.4, 0.5) is 0 Å². The van der Waals surface area contributed by atoms with E-state index in [9.17, 15) is 14.4 Å². The second kappa shape index (κ2) is 9.65. The van der Waals surface area contributed by atoms with Crippen LogP contribution in [0.5, 0.6) is 0 Å². The van der Waals surface area contributed by atoms with Crippen molar-refractivity contribution in [3.63, 3.8) is 0 Å². The molecule has 0 bridgehead atoms. The predicted molar refractivity (Wildman–Crippen MR) is 124 cm³/mol. The molecule has 32 heavy (non-hydrogen) atoms. The number of aromatic nitrogens is 2. The molecule has 0 saturated carbocycles. The van der Waals surface area contributed by atoms with Gasteiger partial charge in [-0.15, -0.1) is 11.3 Å². The molecular formula is C24H27N3O4S. The Labute approximate surface area is 190 Å². The minimum Gasteiger partial charge on any atom is -0.461 e. The van der Waals surface area contributed by atoms with Crippen molar-refractivity contribution in [1.82, 2.24) is 14.5 Å². The zero-order chi connectivity index (χ0) is 22.7. The van der Waals surface area contributed by atoms with E-state index in [1.807, 2.05) is 35.2 Å². The zero-order valence-corrected chi connectivity index (χ0v) is 19.2. The molecule has 1 saturated heterocycles. The Morgan fingerprint density at radius 2 is 1.91 bits per heavy atom. The van der Waals surface area contributed by atoms with Crippen LogP contribution in [0.2, 0.25) is 0 Å². The van der Waals surface area contributed by atoms with E-state index in [1.54, 1.807) is 6.92 Å². The number of piperidine rings is 1. The summed E-state index contributed by atoms with van der Waals surface area (Å²) in [6.45, 7) is 5.59. The topological polar surface area (TPSA) is 81.5 Å². The maximum absolute atomic E-state index is 13.1. The molecule has 0 atom stereocenters. The Morgan fingerprint density at radius 1 is 1.19 bits per heavy atom. The van der Waals surface area contributed by atoms with E-state index in [4.69, 9.17) is 4.74 Å². The van der Waals surface area contributed by atoms with Gasteiger partial charge >= 0.3 is 5.97 Å². The number of ether oxygens (including phenoxy) is 1. The second-order valence-corrected chi connectivity index (χ2v) is 9.35. The number of rotatable bonds is 6. The van der Waals surface area contributed by atoms with Crippen LogP contribution >= 0.6 is 11.3 Å². The molecule has 1 aromatic carbocycles. The van der Waals surface area contributed by atoms with Gasteiger partial charge in [-0.3, -0.25) is 14.2 Å². The monoisotopic (exact) mass is 453 g/mol. The molecule has 1 amide bonds. The van der Waals surface area contributed by atoms with Crippen LogP contribution in [0.3, 0.4) is 0 Å². The smallest absolute Gasteiger partial charge is 0.348 e. The summed E-state index contributed by atoms with van der Waals surface area (Å²) in [5.41, 5.74) is 1.34. The quantitative estimate of drug-likeness (QED) is 0.534. The highest BCUT2D eigenvalue weighted by atomic mass is 32.1. The van der Waals surface area contributed by atoms with Crippen molar-refractivity contribution in [3.8, 4) is 0 Å². The van der Waals surface area contributed by atoms with Crippen LogP contribution in [0, 0.1) is 12.8 Å². The molecule has 0 aliphatic carbocycles. The van der Waals surface area contributed by atoms with E-state index in [2.05, 4.69) is 11.9 Å². The number of carbonyl (C=O) groups is 2. The molecule has 4 rings (SSSR count). The number of hydrogen-bond acceptors (Lipinski definition) is 6. The lowest BCUT2D eigenvalue weighted by Gasteiger charge is -2.30. The van der Waals surface area contributed by atoms with E-state index in [1.165, 1.54) is 10.9 Å². The second-order valence-electron chi connectivity index (χ2n) is 8.35. The molecule has 7 nitrogen and oxygen atoms in total. The summed E-state index contributed by atoms with van der Waals surface area (Å²) in [7, 11) is 0. The lowest BCUT2D eigenvalue weighted by Crippen LogP contribution is -2.41. The summed E-state index contributed by atoms with van der Waals surface area (Å²) in [6, 6.07) is 9.80. The molecule has 8 heteroatoms. The van der Waals surface area contributed by atoms with Crippen LogP contribution in [0.1, 0.15) is 40.6 Å². The molecule has 0 N–H and O–H groups in total. The van der Waals surface area contributed by atoms with Gasteiger partial charge in [-0.05, 0) is 36.8 Å². The van der Waals surface area contributed by atoms with Gasteiger partial charge in [0, 0.05) is 19.5 Å². The predicted octanol–water partition coefficient (Wildman–Crippen LogP) is 3.42. The van der Waals surface area contributed by atoms with Gasteiger partial charge in [0.15, 0.2) is 0 Å². The molecule has 2 aromatic heterocycles. The van der Waals surface area contributed by atoms with Gasteiger partial charge in [0.25, 0.3) is 5.56 Å². The molecule has 3 heterocycles. The highest BCUT2D eigenvalue weighted by Gasteiger charge is 2.23. The fraction of sp³-hybridized carbons (Fsp3) is 0.417. The third-order valence-electron chi connectivity index (χ3n) is 6.01. The fourth-order valence-corrected chi connectivity index (χ4v) is 4.98. The minimum absolute atomic E-state index is 0.0394. The summed E-state index contributed by atoms with van der Waals surface area (Å²) in [5.74, 6) is 0.0959. The molecule has 168 valence electrons. The van der Waals surface area contributed by atoms with Gasteiger partial charge in [0.2, 0.25) is 5.91 Å². The van der Waals surface area contributed by atoms with Gasteiger partial charge < -0.3 is 9.64 Å². The first-order chi connectivity index (χ1) is 15.4. The lowest BCUT2D eigenvalue weighted by atomic mass is 9.99. The van der Waals surface area contributed by atoms with Gasteiger partial charge in [0.05, 0.1) is 18.3 Å². The van der Waals surface area contributed by atoms with Crippen molar-refractivity contribution in [1.29, 1.82) is 0 Å². The summed E-state index contributed by atoms with van der Waals surface area (Å²) in [4.78, 5) is 45.4. The maximum Gasteiger partial charge on any atom is 0.348 e. The SMILES string of the molecule is Cc1c(C(=O)OCCc2ccccc2)sc2ncn(CC(=O)N3CCC(C)CC3)c(=O)c12. The lowest BCUT2D eigenvalue weighted by molar-refractivity contribution is -0.133. The number of nitrogens with zero attached hydrogens (tertiary/aromatic N) is 3. The largest absolute Gasteiger partial charge is 0.461 e. The average molecular weight is 454 g/mol. The fourth-order valence-electron chi connectivity index (χ4n) is 3.94. The molecule has 1 fully saturated rings. The number of thiophene rings is 1. The molecule has 1 aliphatic heterocycles. The average Bonchev–Trinajstić information content (AvgIpc) is 3.14. The number of fused-ring (bicyclic) bond motifs is 1. The van der Waals surface area contributed by atoms with E-state index >= 15 is 0 Å². The Balaban J connectivity index is 1.47. The Bertz CT molecular complexity index is 1180. The van der Waals surface area contributed by atoms with Crippen LogP contribution in [-0.2, 0) is 22.5 Å². The number of esters is 1. The summed E-state index contributed by atoms with van der Waals surface area (Å²) in [6.07, 6.45) is 3.99. The number of hydrogen-bond donors (Lipinski definition) is 0. The molecule has 0 spiro atoms. The number of benzene rings is 1. The van der Waals surface area contributed by atoms with Crippen molar-refractivity contribution in [2.75, 3.05) is 19.7 Å². The van der Waals surface area contributed by atoms with Gasteiger partial charge in [-0.25, -0.2) is 9.78 Å². The zero-order valence-electron chi connectivity index (χ0n) is 18.4. The first-order valence-corrected chi connectivity index (χ1v) is 11.7. The van der Waals surface area contributed by atoms with Crippen LogP contribution in [-0.4, -0.2) is 46.0 Å². The van der Waals surface area contributed by atoms with Crippen molar-refractivity contribution < 1.29 is 14.3 Å². The summed E-state index contributed by atoms with van der Waals surface area (Å²) >= 11 is 1.15. The van der Waals surface area contributed by atoms with Crippen molar-refractivity contribution in [2.45, 2.75) is 39.7 Å². The van der Waals surface area contributed by atoms with Gasteiger partial charge in [-0.2, -0.15) is 0 Å². The van der Waals surface area contributed by atoms with Gasteiger partial charge in [0.1, 0.15) is 16.3 Å². The van der Waals surface area contributed by atoms with Crippen molar-refractivity contribution in [2.24, 2.45) is 5.92 Å². The highest BCUT2D eigenvalue weighted by molar-refractivity contribution is 7.20. The first-order valence-electron chi connectivity index (χ1n) is 10.9. The minimum atomic E-state index is -0.453. The Kier molecular flexibility index (Phi) is 6.69. The van der Waals surface area contributed by atoms with Gasteiger partial charge in [-0.1, -0.05) is 37.3 Å². The standard InChI is InChI=1S/C24H27N3O4S/c1-16-8-11-26(12-9-16)19(28)14-27-15-25-22-20(23(27)29)17(2)21(32-22)24(30)31-13-10-18-6-4-3-5-7-18/h3-7,15-16H,8-14H2,1-2H3. The van der Waals surface area contributed by atoms with E-state index in [-0.39, 0.29) is 24.6 Å². The van der Waals surface area contributed by atoms with Crippen LogP contribution < -0.4 is 5.56 Å². The summed E-state index contributed by atoms with van der Waals surface area (Å²) in [5, 5.41) is 0.382. The van der Waals surface area contributed by atoms with Crippen LogP contribution in [0.15, 0.2) is 41.5 Å². The number of amides is 1. The van der Waals surface area contributed by atoms with E-state index < -0.39 is 5.97 Å². The number of carbonyl (C=O) groups excluding carboxylic acids is 2. The molecule has 3 aromatic rings. The van der Waals surface area contributed by atoms with E-state index in [0.717, 1.165) is 42.8 Å². The van der Waals surface area contributed by atoms with Crippen molar-refractivity contribution >= 4 is 33.4 Å². The molecular weight excluding hydrogens is 426 g/mol. The highest BCUT2D eigenvalue weighted by Crippen LogP contribution is 2.27. The van der Waals surface area contributed by atoms with Crippen molar-refractivity contribution in [3.05, 3.63) is 63.0 Å². The third kappa shape index (κ3) is 4.75. The normalized spacial score (nSPS) is 14.6. The first kappa shape index (κ1) is 22.2. The molecule has 0 radical (unpaired) electrons. The Morgan fingerprint density at radius 3 is 2.62 bits per heavy atom. The summed E-state index contributed by atoms with van der Waals surface area (Å²) < 4.78 is 6.78. The molecule has 1 aliphatic rings.